The average molecular weight is 446 g/mol. The van der Waals surface area contributed by atoms with Gasteiger partial charge in [0.2, 0.25) is 0 Å². The van der Waals surface area contributed by atoms with Gasteiger partial charge in [-0.3, -0.25) is 15.4 Å². The van der Waals surface area contributed by atoms with Crippen LogP contribution in [0.3, 0.4) is 0 Å². The van der Waals surface area contributed by atoms with Gasteiger partial charge in [-0.05, 0) is 17.7 Å². The number of pyridine rings is 1. The van der Waals surface area contributed by atoms with Crippen LogP contribution >= 0.6 is 0 Å². The van der Waals surface area contributed by atoms with Crippen molar-refractivity contribution in [3.8, 4) is 6.01 Å². The highest BCUT2D eigenvalue weighted by Crippen LogP contribution is 2.27. The number of ether oxygens (including phenoxy) is 2. The summed E-state index contributed by atoms with van der Waals surface area (Å²) in [7, 11) is 0. The molecule has 9 heteroatoms. The summed E-state index contributed by atoms with van der Waals surface area (Å²) < 4.78 is 11.4. The zero-order valence-corrected chi connectivity index (χ0v) is 18.3. The molecule has 0 bridgehead atoms. The molecule has 0 radical (unpaired) electrons. The van der Waals surface area contributed by atoms with Gasteiger partial charge in [-0.2, -0.15) is 9.97 Å². The lowest BCUT2D eigenvalue weighted by Crippen LogP contribution is -2.37. The van der Waals surface area contributed by atoms with Crippen LogP contribution in [0.4, 0.5) is 11.6 Å². The van der Waals surface area contributed by atoms with Crippen LogP contribution in [0, 0.1) is 5.92 Å². The van der Waals surface area contributed by atoms with Crippen molar-refractivity contribution in [1.29, 1.82) is 0 Å². The number of allylic oxidation sites excluding steroid dienone is 2. The molecule has 1 fully saturated rings. The van der Waals surface area contributed by atoms with Gasteiger partial charge in [0.25, 0.3) is 0 Å². The molecule has 2 aromatic heterocycles. The van der Waals surface area contributed by atoms with E-state index in [1.165, 1.54) is 0 Å². The zero-order chi connectivity index (χ0) is 22.3. The Balaban J connectivity index is 1.26. The number of nitrogens with zero attached hydrogens (tertiary/aromatic N) is 5. The van der Waals surface area contributed by atoms with E-state index in [4.69, 9.17) is 9.47 Å². The standard InChI is InChI=1S/C24H27N7O2/c1-2-7-21-20(6-1)18(16-26-21)17-27-30-22-15-23(31-10-13-32-14-11-31)29-24(28-22)33-12-8-19-5-3-4-9-25-19/h1-7,9,15-17,20-21,27H,8,10-14H2,(H,28,29,30). The van der Waals surface area contributed by atoms with Gasteiger partial charge >= 0.3 is 6.01 Å². The van der Waals surface area contributed by atoms with Crippen molar-refractivity contribution in [3.05, 3.63) is 72.2 Å². The molecule has 0 amide bonds. The van der Waals surface area contributed by atoms with Crippen LogP contribution in [0.1, 0.15) is 5.69 Å². The maximum absolute atomic E-state index is 5.89. The van der Waals surface area contributed by atoms with Crippen LogP contribution in [0.2, 0.25) is 0 Å². The minimum absolute atomic E-state index is 0.189. The minimum Gasteiger partial charge on any atom is -0.463 e. The minimum atomic E-state index is 0.189. The van der Waals surface area contributed by atoms with Crippen LogP contribution in [0.25, 0.3) is 0 Å². The summed E-state index contributed by atoms with van der Waals surface area (Å²) in [4.78, 5) is 20.2. The molecular weight excluding hydrogens is 418 g/mol. The summed E-state index contributed by atoms with van der Waals surface area (Å²) in [6.45, 7) is 3.36. The third kappa shape index (κ3) is 5.38. The van der Waals surface area contributed by atoms with Crippen molar-refractivity contribution in [3.63, 3.8) is 0 Å². The monoisotopic (exact) mass is 445 g/mol. The summed E-state index contributed by atoms with van der Waals surface area (Å²) in [6, 6.07) is 8.28. The average Bonchev–Trinajstić information content (AvgIpc) is 3.28. The number of rotatable bonds is 8. The fourth-order valence-electron chi connectivity index (χ4n) is 3.92. The van der Waals surface area contributed by atoms with E-state index in [1.807, 2.05) is 42.8 Å². The smallest absolute Gasteiger partial charge is 0.320 e. The molecule has 4 heterocycles. The van der Waals surface area contributed by atoms with E-state index in [-0.39, 0.29) is 12.0 Å². The van der Waals surface area contributed by atoms with Crippen molar-refractivity contribution in [2.75, 3.05) is 43.2 Å². The van der Waals surface area contributed by atoms with E-state index >= 15 is 0 Å². The molecule has 1 saturated heterocycles. The summed E-state index contributed by atoms with van der Waals surface area (Å²) in [5.41, 5.74) is 8.40. The number of morpholine rings is 1. The number of anilines is 2. The van der Waals surface area contributed by atoms with Crippen molar-refractivity contribution in [2.24, 2.45) is 10.9 Å². The first-order valence-electron chi connectivity index (χ1n) is 11.2. The number of hydrogen-bond donors (Lipinski definition) is 2. The third-order valence-electron chi connectivity index (χ3n) is 5.67. The first-order valence-corrected chi connectivity index (χ1v) is 11.2. The molecule has 5 rings (SSSR count). The van der Waals surface area contributed by atoms with Gasteiger partial charge in [-0.15, -0.1) is 0 Å². The zero-order valence-electron chi connectivity index (χ0n) is 18.3. The molecule has 2 aliphatic heterocycles. The second-order valence-electron chi connectivity index (χ2n) is 7.89. The van der Waals surface area contributed by atoms with Gasteiger partial charge in [-0.1, -0.05) is 30.4 Å². The Labute approximate surface area is 192 Å². The Morgan fingerprint density at radius 3 is 2.94 bits per heavy atom. The van der Waals surface area contributed by atoms with E-state index in [0.717, 1.165) is 30.2 Å². The molecule has 9 nitrogen and oxygen atoms in total. The lowest BCUT2D eigenvalue weighted by atomic mass is 9.92. The van der Waals surface area contributed by atoms with E-state index in [1.54, 1.807) is 6.20 Å². The second-order valence-corrected chi connectivity index (χ2v) is 7.89. The molecule has 2 unspecified atom stereocenters. The second kappa shape index (κ2) is 10.3. The van der Waals surface area contributed by atoms with Gasteiger partial charge in [0.15, 0.2) is 5.82 Å². The van der Waals surface area contributed by atoms with Crippen LogP contribution in [0.5, 0.6) is 6.01 Å². The molecule has 3 aliphatic rings. The Bertz CT molecular complexity index is 1060. The number of aromatic nitrogens is 3. The molecule has 1 aliphatic carbocycles. The van der Waals surface area contributed by atoms with Crippen LogP contribution in [-0.2, 0) is 11.2 Å². The highest BCUT2D eigenvalue weighted by atomic mass is 16.5. The summed E-state index contributed by atoms with van der Waals surface area (Å²) in [5.74, 6) is 1.70. The van der Waals surface area contributed by atoms with E-state index in [9.17, 15) is 0 Å². The molecule has 0 saturated carbocycles. The SMILES string of the molecule is C1=CC2N=CC(=CNNc3cc(N4CCOCC4)nc(OCCc4ccccn4)n3)C2C=C1. The number of fused-ring (bicyclic) bond motifs is 1. The number of hydrogen-bond acceptors (Lipinski definition) is 9. The number of aliphatic imine (C=N–C) groups is 1. The lowest BCUT2D eigenvalue weighted by molar-refractivity contribution is 0.122. The topological polar surface area (TPSA) is 96.8 Å². The van der Waals surface area contributed by atoms with Crippen molar-refractivity contribution in [1.82, 2.24) is 20.4 Å². The molecule has 170 valence electrons. The van der Waals surface area contributed by atoms with Crippen molar-refractivity contribution < 1.29 is 9.47 Å². The Kier molecular flexibility index (Phi) is 6.58. The molecular formula is C24H27N7O2. The predicted octanol–water partition coefficient (Wildman–Crippen LogP) is 2.33. The first-order chi connectivity index (χ1) is 16.3. The Hall–Kier alpha value is -3.72. The predicted molar refractivity (Wildman–Crippen MR) is 127 cm³/mol. The number of nitrogens with one attached hydrogen (secondary N) is 2. The lowest BCUT2D eigenvalue weighted by Gasteiger charge is -2.28. The van der Waals surface area contributed by atoms with Crippen molar-refractivity contribution in [2.45, 2.75) is 12.5 Å². The first kappa shape index (κ1) is 21.1. The summed E-state index contributed by atoms with van der Waals surface area (Å²) >= 11 is 0. The Morgan fingerprint density at radius 2 is 2.06 bits per heavy atom. The molecule has 2 N–H and O–H groups in total. The van der Waals surface area contributed by atoms with Crippen LogP contribution in [0.15, 0.2) is 71.5 Å². The quantitative estimate of drug-likeness (QED) is 0.598. The van der Waals surface area contributed by atoms with E-state index in [2.05, 4.69) is 53.9 Å². The van der Waals surface area contributed by atoms with Crippen LogP contribution < -0.4 is 20.5 Å². The highest BCUT2D eigenvalue weighted by molar-refractivity contribution is 5.83. The fourth-order valence-corrected chi connectivity index (χ4v) is 3.92. The van der Waals surface area contributed by atoms with Gasteiger partial charge in [0.05, 0.1) is 25.9 Å². The fraction of sp³-hybridized carbons (Fsp3) is 0.333. The van der Waals surface area contributed by atoms with E-state index in [0.29, 0.717) is 38.1 Å². The molecule has 0 aromatic carbocycles. The van der Waals surface area contributed by atoms with Gasteiger partial charge in [0, 0.05) is 55.8 Å². The maximum atomic E-state index is 5.89. The molecule has 2 aromatic rings. The summed E-state index contributed by atoms with van der Waals surface area (Å²) in [5, 5.41) is 0. The molecule has 0 spiro atoms. The van der Waals surface area contributed by atoms with E-state index < -0.39 is 0 Å². The summed E-state index contributed by atoms with van der Waals surface area (Å²) in [6.07, 6.45) is 14.7. The van der Waals surface area contributed by atoms with Gasteiger partial charge in [0.1, 0.15) is 5.82 Å². The van der Waals surface area contributed by atoms with Crippen LogP contribution in [-0.4, -0.2) is 60.1 Å². The third-order valence-corrected chi connectivity index (χ3v) is 5.67. The molecule has 2 atom stereocenters. The highest BCUT2D eigenvalue weighted by Gasteiger charge is 2.25. The molecule has 33 heavy (non-hydrogen) atoms. The van der Waals surface area contributed by atoms with Gasteiger partial charge < -0.3 is 19.8 Å². The van der Waals surface area contributed by atoms with Crippen molar-refractivity contribution >= 4 is 17.9 Å². The number of hydrazine groups is 1. The normalized spacial score (nSPS) is 22.4. The maximum Gasteiger partial charge on any atom is 0.320 e. The van der Waals surface area contributed by atoms with Gasteiger partial charge in [-0.25, -0.2) is 0 Å². The largest absolute Gasteiger partial charge is 0.463 e. The Morgan fingerprint density at radius 1 is 1.15 bits per heavy atom.